The highest BCUT2D eigenvalue weighted by molar-refractivity contribution is 5.91. The first-order valence-electron chi connectivity index (χ1n) is 8.20. The summed E-state index contributed by atoms with van der Waals surface area (Å²) in [5.41, 5.74) is 1.57. The first-order valence-corrected chi connectivity index (χ1v) is 8.20. The standard InChI is InChI=1S/C19H20FN3O2/c20-17-3-1-2-15(12-17)5-7-19(24)22-14-16-4-6-18(21-13-16)23-8-10-25-11-9-23/h1-7,12-13H,8-11,14H2,(H,22,24)/b7-5+. The van der Waals surface area contributed by atoms with Gasteiger partial charge in [0, 0.05) is 31.9 Å². The van der Waals surface area contributed by atoms with Crippen LogP contribution in [0.15, 0.2) is 48.7 Å². The number of ether oxygens (including phenoxy) is 1. The minimum absolute atomic E-state index is 0.235. The van der Waals surface area contributed by atoms with E-state index in [4.69, 9.17) is 4.74 Å². The summed E-state index contributed by atoms with van der Waals surface area (Å²) in [7, 11) is 0. The van der Waals surface area contributed by atoms with Crippen molar-refractivity contribution in [1.82, 2.24) is 10.3 Å². The number of anilines is 1. The molecule has 2 heterocycles. The molecular formula is C19H20FN3O2. The maximum absolute atomic E-state index is 13.1. The number of carbonyl (C=O) groups excluding carboxylic acids is 1. The molecule has 2 aromatic rings. The van der Waals surface area contributed by atoms with Crippen LogP contribution in [0, 0.1) is 5.82 Å². The summed E-state index contributed by atoms with van der Waals surface area (Å²) in [6, 6.07) is 9.99. The molecule has 3 rings (SSSR count). The average Bonchev–Trinajstić information content (AvgIpc) is 2.66. The van der Waals surface area contributed by atoms with Crippen LogP contribution in [-0.2, 0) is 16.1 Å². The van der Waals surface area contributed by atoms with Crippen molar-refractivity contribution in [2.45, 2.75) is 6.54 Å². The van der Waals surface area contributed by atoms with E-state index in [9.17, 15) is 9.18 Å². The Kier molecular flexibility index (Phi) is 5.74. The summed E-state index contributed by atoms with van der Waals surface area (Å²) in [4.78, 5) is 18.5. The van der Waals surface area contributed by atoms with E-state index in [1.165, 1.54) is 18.2 Å². The van der Waals surface area contributed by atoms with Crippen LogP contribution in [0.5, 0.6) is 0 Å². The Morgan fingerprint density at radius 3 is 2.84 bits per heavy atom. The van der Waals surface area contributed by atoms with E-state index in [1.807, 2.05) is 12.1 Å². The third kappa shape index (κ3) is 5.12. The predicted octanol–water partition coefficient (Wildman–Crippen LogP) is 2.39. The first kappa shape index (κ1) is 17.1. The fourth-order valence-corrected chi connectivity index (χ4v) is 2.53. The van der Waals surface area contributed by atoms with Crippen LogP contribution in [0.4, 0.5) is 10.2 Å². The fraction of sp³-hybridized carbons (Fsp3) is 0.263. The number of halogens is 1. The highest BCUT2D eigenvalue weighted by Crippen LogP contribution is 2.13. The molecule has 0 radical (unpaired) electrons. The molecule has 1 aromatic heterocycles. The van der Waals surface area contributed by atoms with Crippen molar-refractivity contribution in [3.63, 3.8) is 0 Å². The van der Waals surface area contributed by atoms with Crippen LogP contribution < -0.4 is 10.2 Å². The average molecular weight is 341 g/mol. The third-order valence-corrected chi connectivity index (χ3v) is 3.89. The molecule has 1 aliphatic heterocycles. The first-order chi connectivity index (χ1) is 12.2. The number of carbonyl (C=O) groups is 1. The summed E-state index contributed by atoms with van der Waals surface area (Å²) in [5, 5.41) is 2.79. The van der Waals surface area contributed by atoms with Gasteiger partial charge in [-0.1, -0.05) is 18.2 Å². The van der Waals surface area contributed by atoms with Gasteiger partial charge >= 0.3 is 0 Å². The number of nitrogens with zero attached hydrogens (tertiary/aromatic N) is 2. The van der Waals surface area contributed by atoms with Crippen LogP contribution in [0.1, 0.15) is 11.1 Å². The molecule has 6 heteroatoms. The summed E-state index contributed by atoms with van der Waals surface area (Å²) in [6.07, 6.45) is 4.74. The maximum atomic E-state index is 13.1. The van der Waals surface area contributed by atoms with Crippen LogP contribution >= 0.6 is 0 Å². The molecule has 1 amide bonds. The molecule has 0 unspecified atom stereocenters. The van der Waals surface area contributed by atoms with E-state index in [2.05, 4.69) is 15.2 Å². The van der Waals surface area contributed by atoms with Crippen molar-refractivity contribution < 1.29 is 13.9 Å². The number of nitrogens with one attached hydrogen (secondary N) is 1. The number of rotatable bonds is 5. The van der Waals surface area contributed by atoms with Crippen molar-refractivity contribution >= 4 is 17.8 Å². The largest absolute Gasteiger partial charge is 0.378 e. The Balaban J connectivity index is 1.50. The molecule has 1 aromatic carbocycles. The SMILES string of the molecule is O=C(/C=C/c1cccc(F)c1)NCc1ccc(N2CCOCC2)nc1. The van der Waals surface area contributed by atoms with Crippen LogP contribution in [0.3, 0.4) is 0 Å². The number of aromatic nitrogens is 1. The zero-order chi connectivity index (χ0) is 17.5. The Labute approximate surface area is 146 Å². The van der Waals surface area contributed by atoms with Crippen molar-refractivity contribution in [1.29, 1.82) is 0 Å². The Bertz CT molecular complexity index is 741. The maximum Gasteiger partial charge on any atom is 0.244 e. The second kappa shape index (κ2) is 8.39. The van der Waals surface area contributed by atoms with Gasteiger partial charge in [0.25, 0.3) is 0 Å². The lowest BCUT2D eigenvalue weighted by molar-refractivity contribution is -0.116. The van der Waals surface area contributed by atoms with Crippen molar-refractivity contribution in [3.8, 4) is 0 Å². The van der Waals surface area contributed by atoms with Gasteiger partial charge in [0.05, 0.1) is 13.2 Å². The highest BCUT2D eigenvalue weighted by Gasteiger charge is 2.11. The zero-order valence-electron chi connectivity index (χ0n) is 13.8. The summed E-state index contributed by atoms with van der Waals surface area (Å²) in [6.45, 7) is 3.51. The highest BCUT2D eigenvalue weighted by atomic mass is 19.1. The fourth-order valence-electron chi connectivity index (χ4n) is 2.53. The lowest BCUT2D eigenvalue weighted by Crippen LogP contribution is -2.36. The smallest absolute Gasteiger partial charge is 0.244 e. The van der Waals surface area contributed by atoms with Crippen LogP contribution in [0.2, 0.25) is 0 Å². The lowest BCUT2D eigenvalue weighted by atomic mass is 10.2. The monoisotopic (exact) mass is 341 g/mol. The third-order valence-electron chi connectivity index (χ3n) is 3.89. The molecule has 0 bridgehead atoms. The Morgan fingerprint density at radius 1 is 1.28 bits per heavy atom. The Hall–Kier alpha value is -2.73. The molecule has 5 nitrogen and oxygen atoms in total. The van der Waals surface area contributed by atoms with E-state index in [0.717, 1.165) is 37.7 Å². The number of hydrogen-bond acceptors (Lipinski definition) is 4. The van der Waals surface area contributed by atoms with Gasteiger partial charge < -0.3 is 15.0 Å². The number of amides is 1. The molecule has 25 heavy (non-hydrogen) atoms. The van der Waals surface area contributed by atoms with E-state index in [1.54, 1.807) is 24.4 Å². The normalized spacial score (nSPS) is 14.7. The predicted molar refractivity (Wildman–Crippen MR) is 94.5 cm³/mol. The topological polar surface area (TPSA) is 54.5 Å². The van der Waals surface area contributed by atoms with Gasteiger partial charge in [-0.25, -0.2) is 9.37 Å². The van der Waals surface area contributed by atoms with E-state index in [0.29, 0.717) is 12.1 Å². The minimum Gasteiger partial charge on any atom is -0.378 e. The van der Waals surface area contributed by atoms with E-state index >= 15 is 0 Å². The van der Waals surface area contributed by atoms with Crippen molar-refractivity contribution in [2.24, 2.45) is 0 Å². The lowest BCUT2D eigenvalue weighted by Gasteiger charge is -2.27. The number of benzene rings is 1. The molecule has 0 atom stereocenters. The van der Waals surface area contributed by atoms with Crippen LogP contribution in [0.25, 0.3) is 6.08 Å². The van der Waals surface area contributed by atoms with Gasteiger partial charge in [-0.3, -0.25) is 4.79 Å². The summed E-state index contributed by atoms with van der Waals surface area (Å²) >= 11 is 0. The number of hydrogen-bond donors (Lipinski definition) is 1. The van der Waals surface area contributed by atoms with Gasteiger partial charge in [0.15, 0.2) is 0 Å². The quantitative estimate of drug-likeness (QED) is 0.849. The second-order valence-corrected chi connectivity index (χ2v) is 5.73. The molecule has 0 saturated carbocycles. The molecular weight excluding hydrogens is 321 g/mol. The van der Waals surface area contributed by atoms with Crippen molar-refractivity contribution in [3.05, 3.63) is 65.6 Å². The molecule has 1 N–H and O–H groups in total. The van der Waals surface area contributed by atoms with Gasteiger partial charge in [-0.2, -0.15) is 0 Å². The Morgan fingerprint density at radius 2 is 2.12 bits per heavy atom. The molecule has 130 valence electrons. The number of morpholine rings is 1. The molecule has 1 saturated heterocycles. The second-order valence-electron chi connectivity index (χ2n) is 5.73. The summed E-state index contributed by atoms with van der Waals surface area (Å²) < 4.78 is 18.4. The number of pyridine rings is 1. The molecule has 1 fully saturated rings. The van der Waals surface area contributed by atoms with Gasteiger partial charge in [0.1, 0.15) is 11.6 Å². The van der Waals surface area contributed by atoms with E-state index < -0.39 is 0 Å². The molecule has 0 aliphatic carbocycles. The molecule has 1 aliphatic rings. The van der Waals surface area contributed by atoms with Gasteiger partial charge in [-0.15, -0.1) is 0 Å². The van der Waals surface area contributed by atoms with Crippen molar-refractivity contribution in [2.75, 3.05) is 31.2 Å². The summed E-state index contributed by atoms with van der Waals surface area (Å²) in [5.74, 6) is 0.361. The molecule has 0 spiro atoms. The van der Waals surface area contributed by atoms with Crippen LogP contribution in [-0.4, -0.2) is 37.2 Å². The van der Waals surface area contributed by atoms with E-state index in [-0.39, 0.29) is 11.7 Å². The van der Waals surface area contributed by atoms with Gasteiger partial charge in [-0.05, 0) is 35.4 Å². The zero-order valence-corrected chi connectivity index (χ0v) is 13.8. The minimum atomic E-state index is -0.325. The van der Waals surface area contributed by atoms with Gasteiger partial charge in [0.2, 0.25) is 5.91 Å².